The summed E-state index contributed by atoms with van der Waals surface area (Å²) in [4.78, 5) is 1.20. The lowest BCUT2D eigenvalue weighted by atomic mass is 10.1. The van der Waals surface area contributed by atoms with Crippen molar-refractivity contribution in [2.24, 2.45) is 0 Å². The summed E-state index contributed by atoms with van der Waals surface area (Å²) in [7, 11) is 1.72. The summed E-state index contributed by atoms with van der Waals surface area (Å²) in [5.41, 5.74) is 1.20. The second-order valence-electron chi connectivity index (χ2n) is 4.50. The van der Waals surface area contributed by atoms with Gasteiger partial charge in [-0.25, -0.2) is 0 Å². The molecular weight excluding hydrogens is 270 g/mol. The molecule has 0 saturated carbocycles. The first-order valence-electron chi connectivity index (χ1n) is 6.79. The third-order valence-electron chi connectivity index (χ3n) is 3.18. The van der Waals surface area contributed by atoms with Gasteiger partial charge in [0.25, 0.3) is 0 Å². The van der Waals surface area contributed by atoms with Crippen molar-refractivity contribution >= 4 is 11.8 Å². The first kappa shape index (κ1) is 15.0. The van der Waals surface area contributed by atoms with Gasteiger partial charge >= 0.3 is 0 Å². The molecule has 0 bridgehead atoms. The summed E-state index contributed by atoms with van der Waals surface area (Å²) < 4.78 is 10.8. The SMILES string of the molecule is CCNC(CSc1ccoc1C)c1ccccc1OC. The van der Waals surface area contributed by atoms with Crippen LogP contribution in [0.5, 0.6) is 5.75 Å². The predicted molar refractivity (Wildman–Crippen MR) is 83.6 cm³/mol. The van der Waals surface area contributed by atoms with E-state index in [9.17, 15) is 0 Å². The van der Waals surface area contributed by atoms with E-state index in [1.54, 1.807) is 25.1 Å². The third kappa shape index (κ3) is 3.58. The number of thioether (sulfide) groups is 1. The number of furan rings is 1. The first-order valence-corrected chi connectivity index (χ1v) is 7.78. The Morgan fingerprint density at radius 2 is 2.10 bits per heavy atom. The molecule has 3 nitrogen and oxygen atoms in total. The molecule has 1 N–H and O–H groups in total. The van der Waals surface area contributed by atoms with Gasteiger partial charge in [0, 0.05) is 22.3 Å². The molecule has 1 heterocycles. The maximum atomic E-state index is 5.47. The zero-order valence-corrected chi connectivity index (χ0v) is 13.0. The molecule has 1 aromatic carbocycles. The number of aryl methyl sites for hydroxylation is 1. The molecule has 108 valence electrons. The average molecular weight is 291 g/mol. The maximum absolute atomic E-state index is 5.47. The van der Waals surface area contributed by atoms with Crippen LogP contribution in [0.15, 0.2) is 45.9 Å². The highest BCUT2D eigenvalue weighted by atomic mass is 32.2. The van der Waals surface area contributed by atoms with E-state index in [4.69, 9.17) is 9.15 Å². The summed E-state index contributed by atoms with van der Waals surface area (Å²) in [5, 5.41) is 3.52. The van der Waals surface area contributed by atoms with Crippen molar-refractivity contribution < 1.29 is 9.15 Å². The molecule has 0 radical (unpaired) electrons. The van der Waals surface area contributed by atoms with Crippen LogP contribution in [0.25, 0.3) is 0 Å². The number of para-hydroxylation sites is 1. The predicted octanol–water partition coefficient (Wildman–Crippen LogP) is 4.04. The van der Waals surface area contributed by atoms with Gasteiger partial charge in [0.05, 0.1) is 13.4 Å². The van der Waals surface area contributed by atoms with Gasteiger partial charge < -0.3 is 14.5 Å². The molecule has 1 atom stereocenters. The Bertz CT molecular complexity index is 539. The topological polar surface area (TPSA) is 34.4 Å². The van der Waals surface area contributed by atoms with Crippen molar-refractivity contribution in [1.29, 1.82) is 0 Å². The van der Waals surface area contributed by atoms with E-state index in [1.165, 1.54) is 10.5 Å². The van der Waals surface area contributed by atoms with Crippen LogP contribution in [-0.2, 0) is 0 Å². The summed E-state index contributed by atoms with van der Waals surface area (Å²) in [6, 6.07) is 10.5. The Balaban J connectivity index is 2.12. The molecular formula is C16H21NO2S. The molecule has 2 rings (SSSR count). The molecule has 1 aromatic heterocycles. The minimum Gasteiger partial charge on any atom is -0.496 e. The van der Waals surface area contributed by atoms with Crippen LogP contribution in [0, 0.1) is 6.92 Å². The van der Waals surface area contributed by atoms with E-state index >= 15 is 0 Å². The number of rotatable bonds is 7. The Labute approximate surface area is 124 Å². The van der Waals surface area contributed by atoms with Crippen LogP contribution >= 0.6 is 11.8 Å². The van der Waals surface area contributed by atoms with Gasteiger partial charge in [-0.1, -0.05) is 25.1 Å². The second kappa shape index (κ2) is 7.41. The number of methoxy groups -OCH3 is 1. The molecule has 4 heteroatoms. The van der Waals surface area contributed by atoms with Gasteiger partial charge in [-0.15, -0.1) is 11.8 Å². The highest BCUT2D eigenvalue weighted by Crippen LogP contribution is 2.31. The Morgan fingerprint density at radius 1 is 1.30 bits per heavy atom. The zero-order valence-electron chi connectivity index (χ0n) is 12.2. The second-order valence-corrected chi connectivity index (χ2v) is 5.57. The fourth-order valence-corrected chi connectivity index (χ4v) is 3.20. The fourth-order valence-electron chi connectivity index (χ4n) is 2.16. The molecule has 0 spiro atoms. The standard InChI is InChI=1S/C16H21NO2S/c1-4-17-14(11-20-16-9-10-19-12(16)2)13-7-5-6-8-15(13)18-3/h5-10,14,17H,4,11H2,1-3H3. The highest BCUT2D eigenvalue weighted by Gasteiger charge is 2.16. The van der Waals surface area contributed by atoms with Crippen LogP contribution < -0.4 is 10.1 Å². The molecule has 2 aromatic rings. The lowest BCUT2D eigenvalue weighted by Gasteiger charge is -2.20. The Morgan fingerprint density at radius 3 is 2.75 bits per heavy atom. The lowest BCUT2D eigenvalue weighted by Crippen LogP contribution is -2.23. The zero-order chi connectivity index (χ0) is 14.4. The number of hydrogen-bond donors (Lipinski definition) is 1. The molecule has 0 saturated heterocycles. The fraction of sp³-hybridized carbons (Fsp3) is 0.375. The van der Waals surface area contributed by atoms with Crippen molar-refractivity contribution in [1.82, 2.24) is 5.32 Å². The smallest absolute Gasteiger partial charge is 0.123 e. The van der Waals surface area contributed by atoms with Gasteiger partial charge in [0.15, 0.2) is 0 Å². The van der Waals surface area contributed by atoms with Crippen LogP contribution in [0.1, 0.15) is 24.3 Å². The van der Waals surface area contributed by atoms with E-state index < -0.39 is 0 Å². The monoisotopic (exact) mass is 291 g/mol. The van der Waals surface area contributed by atoms with Crippen molar-refractivity contribution in [2.45, 2.75) is 24.8 Å². The van der Waals surface area contributed by atoms with E-state index in [2.05, 4.69) is 24.4 Å². The summed E-state index contributed by atoms with van der Waals surface area (Å²) in [6.45, 7) is 5.04. The number of hydrogen-bond acceptors (Lipinski definition) is 4. The molecule has 0 amide bonds. The third-order valence-corrected chi connectivity index (χ3v) is 4.42. The maximum Gasteiger partial charge on any atom is 0.123 e. The number of nitrogens with one attached hydrogen (secondary N) is 1. The van der Waals surface area contributed by atoms with Gasteiger partial charge in [-0.2, -0.15) is 0 Å². The summed E-state index contributed by atoms with van der Waals surface area (Å²) in [5.74, 6) is 2.85. The largest absolute Gasteiger partial charge is 0.496 e. The van der Waals surface area contributed by atoms with E-state index in [-0.39, 0.29) is 6.04 Å². The highest BCUT2D eigenvalue weighted by molar-refractivity contribution is 7.99. The van der Waals surface area contributed by atoms with E-state index in [0.29, 0.717) is 0 Å². The summed E-state index contributed by atoms with van der Waals surface area (Å²) >= 11 is 1.80. The van der Waals surface area contributed by atoms with Crippen LogP contribution in [0.4, 0.5) is 0 Å². The van der Waals surface area contributed by atoms with Crippen LogP contribution in [0.3, 0.4) is 0 Å². The quantitative estimate of drug-likeness (QED) is 0.781. The van der Waals surface area contributed by atoms with Gasteiger partial charge in [0.2, 0.25) is 0 Å². The van der Waals surface area contributed by atoms with Crippen molar-refractivity contribution in [3.05, 3.63) is 47.9 Å². The van der Waals surface area contributed by atoms with Gasteiger partial charge in [0.1, 0.15) is 11.5 Å². The molecule has 20 heavy (non-hydrogen) atoms. The molecule has 0 aliphatic heterocycles. The molecule has 1 unspecified atom stereocenters. The Hall–Kier alpha value is -1.39. The molecule has 0 fully saturated rings. The van der Waals surface area contributed by atoms with Crippen molar-refractivity contribution in [3.63, 3.8) is 0 Å². The lowest BCUT2D eigenvalue weighted by molar-refractivity contribution is 0.403. The normalized spacial score (nSPS) is 12.3. The Kier molecular flexibility index (Phi) is 5.56. The van der Waals surface area contributed by atoms with Crippen molar-refractivity contribution in [3.8, 4) is 5.75 Å². The number of benzene rings is 1. The first-order chi connectivity index (χ1) is 9.76. The van der Waals surface area contributed by atoms with Gasteiger partial charge in [-0.05, 0) is 25.6 Å². The molecule has 0 aliphatic rings. The minimum atomic E-state index is 0.260. The van der Waals surface area contributed by atoms with E-state index in [0.717, 1.165) is 23.8 Å². The molecule has 0 aliphatic carbocycles. The average Bonchev–Trinajstić information content (AvgIpc) is 2.89. The van der Waals surface area contributed by atoms with E-state index in [1.807, 2.05) is 25.1 Å². The van der Waals surface area contributed by atoms with Gasteiger partial charge in [-0.3, -0.25) is 0 Å². The van der Waals surface area contributed by atoms with Crippen LogP contribution in [-0.4, -0.2) is 19.4 Å². The van der Waals surface area contributed by atoms with Crippen LogP contribution in [0.2, 0.25) is 0 Å². The minimum absolute atomic E-state index is 0.260. The number of ether oxygens (including phenoxy) is 1. The summed E-state index contributed by atoms with van der Waals surface area (Å²) in [6.07, 6.45) is 1.74. The van der Waals surface area contributed by atoms with Crippen molar-refractivity contribution in [2.75, 3.05) is 19.4 Å².